The van der Waals surface area contributed by atoms with Gasteiger partial charge in [0.25, 0.3) is 0 Å². The van der Waals surface area contributed by atoms with E-state index in [0.29, 0.717) is 5.54 Å². The molecule has 16 heavy (non-hydrogen) atoms. The normalized spacial score (nSPS) is 42.2. The van der Waals surface area contributed by atoms with Crippen LogP contribution in [0, 0.1) is 0 Å². The molecule has 2 aliphatic heterocycles. The second-order valence-corrected chi connectivity index (χ2v) is 6.25. The monoisotopic (exact) mass is 224 g/mol. The Bertz CT molecular complexity index is 211. The lowest BCUT2D eigenvalue weighted by Gasteiger charge is -2.46. The van der Waals surface area contributed by atoms with Gasteiger partial charge in [-0.2, -0.15) is 0 Å². The van der Waals surface area contributed by atoms with Crippen molar-refractivity contribution in [3.05, 3.63) is 0 Å². The zero-order valence-electron chi connectivity index (χ0n) is 11.3. The number of nitrogens with one attached hydrogen (secondary N) is 1. The topological polar surface area (TPSA) is 15.3 Å². The molecular formula is C14H28N2. The largest absolute Gasteiger partial charge is 0.310 e. The highest BCUT2D eigenvalue weighted by molar-refractivity contribution is 4.93. The third kappa shape index (κ3) is 2.78. The molecule has 0 saturated carbocycles. The molecule has 2 heteroatoms. The molecule has 1 unspecified atom stereocenters. The maximum Gasteiger partial charge on any atom is 0.0280 e. The van der Waals surface area contributed by atoms with Gasteiger partial charge in [0, 0.05) is 24.2 Å². The van der Waals surface area contributed by atoms with Gasteiger partial charge in [-0.1, -0.05) is 12.8 Å². The van der Waals surface area contributed by atoms with Crippen molar-refractivity contribution < 1.29 is 0 Å². The summed E-state index contributed by atoms with van der Waals surface area (Å²) in [4.78, 5) is 2.74. The van der Waals surface area contributed by atoms with E-state index in [9.17, 15) is 0 Å². The minimum Gasteiger partial charge on any atom is -0.310 e. The van der Waals surface area contributed by atoms with Gasteiger partial charge < -0.3 is 5.32 Å². The molecule has 0 aliphatic carbocycles. The van der Waals surface area contributed by atoms with E-state index < -0.39 is 0 Å². The Kier molecular flexibility index (Phi) is 3.91. The van der Waals surface area contributed by atoms with Crippen molar-refractivity contribution in [2.24, 2.45) is 0 Å². The Morgan fingerprint density at radius 1 is 1.12 bits per heavy atom. The summed E-state index contributed by atoms with van der Waals surface area (Å²) in [6.45, 7) is 9.69. The summed E-state index contributed by atoms with van der Waals surface area (Å²) in [5, 5.41) is 3.74. The fourth-order valence-electron chi connectivity index (χ4n) is 3.44. The second kappa shape index (κ2) is 5.05. The van der Waals surface area contributed by atoms with Crippen LogP contribution < -0.4 is 5.32 Å². The number of nitrogens with zero attached hydrogens (tertiary/aromatic N) is 1. The van der Waals surface area contributed by atoms with E-state index in [2.05, 4.69) is 31.0 Å². The molecule has 0 aromatic rings. The van der Waals surface area contributed by atoms with Gasteiger partial charge in [-0.05, 0) is 53.0 Å². The van der Waals surface area contributed by atoms with Gasteiger partial charge in [-0.25, -0.2) is 0 Å². The van der Waals surface area contributed by atoms with Crippen molar-refractivity contribution >= 4 is 0 Å². The number of hydrogen-bond acceptors (Lipinski definition) is 2. The standard InChI is InChI=1S/C14H28N2/c1-12-7-6-8-13(2)16(12)11-14(3)9-4-5-10-15-14/h12-13,15H,4-11H2,1-3H3/t12-,13+,14?. The van der Waals surface area contributed by atoms with E-state index in [1.165, 1.54) is 51.6 Å². The summed E-state index contributed by atoms with van der Waals surface area (Å²) in [6, 6.07) is 1.56. The molecule has 2 nitrogen and oxygen atoms in total. The maximum absolute atomic E-state index is 3.74. The van der Waals surface area contributed by atoms with Crippen LogP contribution in [-0.2, 0) is 0 Å². The molecule has 0 radical (unpaired) electrons. The first-order chi connectivity index (χ1) is 7.61. The lowest BCUT2D eigenvalue weighted by Crippen LogP contribution is -2.58. The van der Waals surface area contributed by atoms with Crippen molar-refractivity contribution in [3.63, 3.8) is 0 Å². The van der Waals surface area contributed by atoms with Gasteiger partial charge in [-0.15, -0.1) is 0 Å². The molecule has 2 rings (SSSR count). The van der Waals surface area contributed by atoms with E-state index in [1.54, 1.807) is 0 Å². The van der Waals surface area contributed by atoms with Gasteiger partial charge >= 0.3 is 0 Å². The van der Waals surface area contributed by atoms with Crippen LogP contribution >= 0.6 is 0 Å². The summed E-state index contributed by atoms with van der Waals surface area (Å²) in [7, 11) is 0. The van der Waals surface area contributed by atoms with Crippen molar-refractivity contribution in [3.8, 4) is 0 Å². The SMILES string of the molecule is C[C@@H]1CCC[C@H](C)N1CC1(C)CCCCN1. The molecule has 2 heterocycles. The van der Waals surface area contributed by atoms with Gasteiger partial charge in [0.05, 0.1) is 0 Å². The first-order valence-corrected chi connectivity index (χ1v) is 7.11. The average Bonchev–Trinajstić information content (AvgIpc) is 2.25. The predicted octanol–water partition coefficient (Wildman–Crippen LogP) is 2.78. The fraction of sp³-hybridized carbons (Fsp3) is 1.00. The highest BCUT2D eigenvalue weighted by Gasteiger charge is 2.33. The highest BCUT2D eigenvalue weighted by atomic mass is 15.2. The second-order valence-electron chi connectivity index (χ2n) is 6.25. The molecular weight excluding hydrogens is 196 g/mol. The lowest BCUT2D eigenvalue weighted by molar-refractivity contribution is 0.0608. The van der Waals surface area contributed by atoms with Crippen molar-refractivity contribution in [1.29, 1.82) is 0 Å². The Hall–Kier alpha value is -0.0800. The maximum atomic E-state index is 3.74. The van der Waals surface area contributed by atoms with Crippen LogP contribution in [-0.4, -0.2) is 35.6 Å². The summed E-state index contributed by atoms with van der Waals surface area (Å²) in [6.07, 6.45) is 8.31. The molecule has 94 valence electrons. The van der Waals surface area contributed by atoms with Crippen LogP contribution in [0.4, 0.5) is 0 Å². The molecule has 3 atom stereocenters. The Labute approximate surface area is 101 Å². The predicted molar refractivity (Wildman–Crippen MR) is 69.7 cm³/mol. The Balaban J connectivity index is 1.95. The van der Waals surface area contributed by atoms with Gasteiger partial charge in [0.2, 0.25) is 0 Å². The van der Waals surface area contributed by atoms with Gasteiger partial charge in [-0.3, -0.25) is 4.90 Å². The van der Waals surface area contributed by atoms with E-state index in [0.717, 1.165) is 12.1 Å². The summed E-state index contributed by atoms with van der Waals surface area (Å²) in [5.74, 6) is 0. The van der Waals surface area contributed by atoms with Crippen molar-refractivity contribution in [2.45, 2.75) is 76.9 Å². The van der Waals surface area contributed by atoms with Crippen LogP contribution in [0.5, 0.6) is 0 Å². The minimum absolute atomic E-state index is 0.373. The minimum atomic E-state index is 0.373. The number of likely N-dealkylation sites (tertiary alicyclic amines) is 1. The van der Waals surface area contributed by atoms with E-state index in [4.69, 9.17) is 0 Å². The highest BCUT2D eigenvalue weighted by Crippen LogP contribution is 2.27. The molecule has 0 aromatic heterocycles. The van der Waals surface area contributed by atoms with E-state index in [-0.39, 0.29) is 0 Å². The molecule has 2 saturated heterocycles. The lowest BCUT2D eigenvalue weighted by atomic mass is 9.87. The quantitative estimate of drug-likeness (QED) is 0.776. The fourth-order valence-corrected chi connectivity index (χ4v) is 3.44. The van der Waals surface area contributed by atoms with E-state index in [1.807, 2.05) is 0 Å². The summed E-state index contributed by atoms with van der Waals surface area (Å²) < 4.78 is 0. The third-order valence-corrected chi connectivity index (χ3v) is 4.61. The Morgan fingerprint density at radius 2 is 1.81 bits per heavy atom. The summed E-state index contributed by atoms with van der Waals surface area (Å²) >= 11 is 0. The molecule has 1 N–H and O–H groups in total. The van der Waals surface area contributed by atoms with E-state index >= 15 is 0 Å². The van der Waals surface area contributed by atoms with Crippen molar-refractivity contribution in [1.82, 2.24) is 10.2 Å². The van der Waals surface area contributed by atoms with Crippen molar-refractivity contribution in [2.75, 3.05) is 13.1 Å². The Morgan fingerprint density at radius 3 is 2.38 bits per heavy atom. The first kappa shape index (κ1) is 12.4. The molecule has 0 spiro atoms. The van der Waals surface area contributed by atoms with Crippen LogP contribution in [0.2, 0.25) is 0 Å². The molecule has 0 aromatic carbocycles. The first-order valence-electron chi connectivity index (χ1n) is 7.11. The smallest absolute Gasteiger partial charge is 0.0280 e. The summed E-state index contributed by atoms with van der Waals surface area (Å²) in [5.41, 5.74) is 0.373. The molecule has 2 aliphatic rings. The zero-order chi connectivity index (χ0) is 11.6. The van der Waals surface area contributed by atoms with Crippen LogP contribution in [0.1, 0.15) is 59.3 Å². The molecule has 0 amide bonds. The number of rotatable bonds is 2. The number of piperidine rings is 2. The van der Waals surface area contributed by atoms with Crippen LogP contribution in [0.25, 0.3) is 0 Å². The third-order valence-electron chi connectivity index (χ3n) is 4.61. The zero-order valence-corrected chi connectivity index (χ0v) is 11.3. The van der Waals surface area contributed by atoms with Gasteiger partial charge in [0.1, 0.15) is 0 Å². The van der Waals surface area contributed by atoms with Gasteiger partial charge in [0.15, 0.2) is 0 Å². The molecule has 2 fully saturated rings. The molecule has 0 bridgehead atoms. The average molecular weight is 224 g/mol. The number of hydrogen-bond donors (Lipinski definition) is 1. The van der Waals surface area contributed by atoms with Crippen LogP contribution in [0.3, 0.4) is 0 Å². The van der Waals surface area contributed by atoms with Crippen LogP contribution in [0.15, 0.2) is 0 Å².